The second-order valence-electron chi connectivity index (χ2n) is 3.89. The topological polar surface area (TPSA) is 60.5 Å². The Kier molecular flexibility index (Phi) is 6.16. The van der Waals surface area contributed by atoms with Crippen LogP contribution in [0.25, 0.3) is 0 Å². The van der Waals surface area contributed by atoms with Crippen LogP contribution in [0, 0.1) is 0 Å². The zero-order valence-corrected chi connectivity index (χ0v) is 15.0. The van der Waals surface area contributed by atoms with E-state index in [1.165, 1.54) is 11.3 Å². The first-order chi connectivity index (χ1) is 10.1. The van der Waals surface area contributed by atoms with Gasteiger partial charge in [0.25, 0.3) is 5.91 Å². The summed E-state index contributed by atoms with van der Waals surface area (Å²) in [5, 5.41) is 2.80. The number of hydrogen-bond acceptors (Lipinski definition) is 5. The van der Waals surface area contributed by atoms with Gasteiger partial charge in [-0.05, 0) is 50.1 Å². The van der Waals surface area contributed by atoms with Gasteiger partial charge in [0.15, 0.2) is 0 Å². The minimum atomic E-state index is -0.228. The maximum absolute atomic E-state index is 12.3. The Balaban J connectivity index is 2.12. The van der Waals surface area contributed by atoms with Crippen molar-refractivity contribution in [2.45, 2.75) is 0 Å². The smallest absolute Gasteiger partial charge is 0.257 e. The fourth-order valence-corrected chi connectivity index (χ4v) is 4.30. The van der Waals surface area contributed by atoms with Gasteiger partial charge < -0.3 is 14.8 Å². The maximum atomic E-state index is 12.3. The number of aromatic nitrogens is 1. The summed E-state index contributed by atoms with van der Waals surface area (Å²) < 4.78 is 12.0. The first kappa shape index (κ1) is 16.4. The van der Waals surface area contributed by atoms with E-state index in [2.05, 4.69) is 42.2 Å². The molecule has 1 amide bonds. The SMILES string of the molecule is COCCOc1ncccc1NC(=O)c1cc(Br)sc1Br. The average molecular weight is 436 g/mol. The lowest BCUT2D eigenvalue weighted by molar-refractivity contribution is 0.102. The van der Waals surface area contributed by atoms with E-state index in [1.54, 1.807) is 31.5 Å². The summed E-state index contributed by atoms with van der Waals surface area (Å²) in [7, 11) is 1.59. The molecule has 0 aliphatic heterocycles. The lowest BCUT2D eigenvalue weighted by Crippen LogP contribution is -2.14. The van der Waals surface area contributed by atoms with Crippen LogP contribution in [0.1, 0.15) is 10.4 Å². The molecule has 2 rings (SSSR count). The molecule has 0 unspecified atom stereocenters. The molecule has 21 heavy (non-hydrogen) atoms. The molecule has 1 N–H and O–H groups in total. The summed E-state index contributed by atoms with van der Waals surface area (Å²) in [6.07, 6.45) is 1.61. The van der Waals surface area contributed by atoms with Crippen molar-refractivity contribution in [3.8, 4) is 5.88 Å². The van der Waals surface area contributed by atoms with Crippen molar-refractivity contribution in [2.24, 2.45) is 0 Å². The van der Waals surface area contributed by atoms with Crippen LogP contribution in [-0.4, -0.2) is 31.2 Å². The Morgan fingerprint density at radius 2 is 2.24 bits per heavy atom. The third-order valence-corrected chi connectivity index (χ3v) is 4.79. The molecule has 2 heterocycles. The average Bonchev–Trinajstić information content (AvgIpc) is 2.80. The highest BCUT2D eigenvalue weighted by Crippen LogP contribution is 2.32. The summed E-state index contributed by atoms with van der Waals surface area (Å²) in [5.41, 5.74) is 1.08. The first-order valence-electron chi connectivity index (χ1n) is 5.94. The number of methoxy groups -OCH3 is 1. The highest BCUT2D eigenvalue weighted by atomic mass is 79.9. The second-order valence-corrected chi connectivity index (χ2v) is 7.64. The molecule has 0 fully saturated rings. The van der Waals surface area contributed by atoms with Crippen molar-refractivity contribution < 1.29 is 14.3 Å². The molecule has 112 valence electrons. The maximum Gasteiger partial charge on any atom is 0.257 e. The minimum absolute atomic E-state index is 0.228. The number of rotatable bonds is 6. The molecule has 8 heteroatoms. The molecule has 0 bridgehead atoms. The number of thiophene rings is 1. The molecule has 0 radical (unpaired) electrons. The summed E-state index contributed by atoms with van der Waals surface area (Å²) in [4.78, 5) is 16.4. The standard InChI is InChI=1S/C13H12Br2N2O3S/c1-19-5-6-20-13-9(3-2-4-16-13)17-12(18)8-7-10(14)21-11(8)15/h2-4,7H,5-6H2,1H3,(H,17,18). The van der Waals surface area contributed by atoms with Crippen LogP contribution in [0.4, 0.5) is 5.69 Å². The van der Waals surface area contributed by atoms with Gasteiger partial charge in [-0.3, -0.25) is 4.79 Å². The Bertz CT molecular complexity index is 634. The number of pyridine rings is 1. The summed E-state index contributed by atoms with van der Waals surface area (Å²) in [6.45, 7) is 0.817. The van der Waals surface area contributed by atoms with E-state index in [9.17, 15) is 4.79 Å². The number of ether oxygens (including phenoxy) is 2. The van der Waals surface area contributed by atoms with Crippen molar-refractivity contribution >= 4 is 54.8 Å². The summed E-state index contributed by atoms with van der Waals surface area (Å²) in [5.74, 6) is 0.140. The van der Waals surface area contributed by atoms with Gasteiger partial charge >= 0.3 is 0 Å². The van der Waals surface area contributed by atoms with Crippen LogP contribution in [0.15, 0.2) is 32.0 Å². The van der Waals surface area contributed by atoms with Gasteiger partial charge in [-0.2, -0.15) is 0 Å². The van der Waals surface area contributed by atoms with E-state index in [0.29, 0.717) is 30.3 Å². The van der Waals surface area contributed by atoms with E-state index in [1.807, 2.05) is 0 Å². The monoisotopic (exact) mass is 434 g/mol. The highest BCUT2D eigenvalue weighted by molar-refractivity contribution is 9.12. The van der Waals surface area contributed by atoms with Crippen molar-refractivity contribution in [3.63, 3.8) is 0 Å². The van der Waals surface area contributed by atoms with E-state index >= 15 is 0 Å². The van der Waals surface area contributed by atoms with Crippen molar-refractivity contribution in [2.75, 3.05) is 25.6 Å². The molecular formula is C13H12Br2N2O3S. The molecule has 0 aliphatic carbocycles. The number of nitrogens with one attached hydrogen (secondary N) is 1. The fraction of sp³-hybridized carbons (Fsp3) is 0.231. The number of anilines is 1. The Labute approximate surface area is 142 Å². The van der Waals surface area contributed by atoms with Crippen LogP contribution >= 0.6 is 43.2 Å². The van der Waals surface area contributed by atoms with E-state index < -0.39 is 0 Å². The third-order valence-electron chi connectivity index (χ3n) is 2.45. The largest absolute Gasteiger partial charge is 0.474 e. The number of hydrogen-bond donors (Lipinski definition) is 1. The van der Waals surface area contributed by atoms with Crippen molar-refractivity contribution in [1.29, 1.82) is 0 Å². The van der Waals surface area contributed by atoms with Crippen molar-refractivity contribution in [3.05, 3.63) is 37.5 Å². The second kappa shape index (κ2) is 7.88. The van der Waals surface area contributed by atoms with Gasteiger partial charge in [-0.15, -0.1) is 11.3 Å². The van der Waals surface area contributed by atoms with Crippen LogP contribution < -0.4 is 10.1 Å². The molecule has 2 aromatic rings. The number of amides is 1. The molecule has 0 aromatic carbocycles. The predicted octanol–water partition coefficient (Wildman–Crippen LogP) is 3.95. The highest BCUT2D eigenvalue weighted by Gasteiger charge is 2.16. The van der Waals surface area contributed by atoms with Crippen molar-refractivity contribution in [1.82, 2.24) is 4.98 Å². The van der Waals surface area contributed by atoms with E-state index in [-0.39, 0.29) is 5.91 Å². The van der Waals surface area contributed by atoms with Gasteiger partial charge in [0.05, 0.1) is 19.7 Å². The van der Waals surface area contributed by atoms with Crippen LogP contribution in [0.3, 0.4) is 0 Å². The molecule has 0 spiro atoms. The first-order valence-corrected chi connectivity index (χ1v) is 8.35. The molecule has 0 aliphatic rings. The predicted molar refractivity (Wildman–Crippen MR) is 89.3 cm³/mol. The van der Waals surface area contributed by atoms with E-state index in [4.69, 9.17) is 9.47 Å². The Morgan fingerprint density at radius 1 is 1.43 bits per heavy atom. The number of carbonyl (C=O) groups excluding carboxylic acids is 1. The fourth-order valence-electron chi connectivity index (χ4n) is 1.51. The molecule has 2 aromatic heterocycles. The van der Waals surface area contributed by atoms with Crippen LogP contribution in [0.5, 0.6) is 5.88 Å². The summed E-state index contributed by atoms with van der Waals surface area (Å²) >= 11 is 8.15. The molecule has 0 saturated carbocycles. The van der Waals surface area contributed by atoms with Gasteiger partial charge in [0, 0.05) is 13.3 Å². The van der Waals surface area contributed by atoms with Gasteiger partial charge in [0.1, 0.15) is 12.3 Å². The quantitative estimate of drug-likeness (QED) is 0.698. The number of halogens is 2. The molecule has 0 atom stereocenters. The molecule has 0 saturated heterocycles. The molecular weight excluding hydrogens is 424 g/mol. The molecule has 5 nitrogen and oxygen atoms in total. The Morgan fingerprint density at radius 3 is 2.90 bits per heavy atom. The third kappa shape index (κ3) is 4.50. The lowest BCUT2D eigenvalue weighted by atomic mass is 10.3. The summed E-state index contributed by atoms with van der Waals surface area (Å²) in [6, 6.07) is 5.23. The number of nitrogens with zero attached hydrogens (tertiary/aromatic N) is 1. The zero-order valence-electron chi connectivity index (χ0n) is 11.1. The van der Waals surface area contributed by atoms with Crippen LogP contribution in [-0.2, 0) is 4.74 Å². The van der Waals surface area contributed by atoms with Gasteiger partial charge in [0.2, 0.25) is 5.88 Å². The normalized spacial score (nSPS) is 10.4. The zero-order chi connectivity index (χ0) is 15.2. The van der Waals surface area contributed by atoms with E-state index in [0.717, 1.165) is 7.57 Å². The number of carbonyl (C=O) groups is 1. The van der Waals surface area contributed by atoms with Crippen LogP contribution in [0.2, 0.25) is 0 Å². The Hall–Kier alpha value is -0.960. The lowest BCUT2D eigenvalue weighted by Gasteiger charge is -2.10. The van der Waals surface area contributed by atoms with Gasteiger partial charge in [-0.1, -0.05) is 0 Å². The minimum Gasteiger partial charge on any atom is -0.474 e. The van der Waals surface area contributed by atoms with Gasteiger partial charge in [-0.25, -0.2) is 4.98 Å².